The summed E-state index contributed by atoms with van der Waals surface area (Å²) >= 11 is 1.81. The van der Waals surface area contributed by atoms with E-state index in [1.54, 1.807) is 0 Å². The predicted molar refractivity (Wildman–Crippen MR) is 172 cm³/mol. The van der Waals surface area contributed by atoms with Crippen LogP contribution in [0.4, 0.5) is 0 Å². The summed E-state index contributed by atoms with van der Waals surface area (Å²) in [5.74, 6) is -0.0625. The Balaban J connectivity index is 0.000000454. The van der Waals surface area contributed by atoms with Gasteiger partial charge in [-0.15, -0.1) is 29.5 Å². The molecule has 1 N–H and O–H groups in total. The molecule has 0 fully saturated rings. The second-order valence-corrected chi connectivity index (χ2v) is 12.6. The van der Waals surface area contributed by atoms with E-state index >= 15 is 0 Å². The Labute approximate surface area is 264 Å². The molecular weight excluding hydrogens is 719 g/mol. The van der Waals surface area contributed by atoms with Gasteiger partial charge in [0.05, 0.1) is 16.0 Å². The van der Waals surface area contributed by atoms with Gasteiger partial charge < -0.3 is 14.5 Å². The van der Waals surface area contributed by atoms with Gasteiger partial charge in [-0.2, -0.15) is 0 Å². The third-order valence-corrected chi connectivity index (χ3v) is 8.16. The van der Waals surface area contributed by atoms with E-state index in [-0.39, 0.29) is 37.1 Å². The van der Waals surface area contributed by atoms with E-state index in [0.29, 0.717) is 0 Å². The van der Waals surface area contributed by atoms with Crippen molar-refractivity contribution in [2.24, 2.45) is 0 Å². The summed E-state index contributed by atoms with van der Waals surface area (Å²) in [5, 5.41) is 11.8. The Bertz CT molecular complexity index is 1930. The number of furan rings is 1. The number of ketones is 1. The molecule has 0 aliphatic carbocycles. The molecule has 217 valence electrons. The first-order chi connectivity index (χ1) is 19.4. The molecule has 0 unspecified atom stereocenters. The largest absolute Gasteiger partial charge is 0.512 e. The SMILES string of the molecule is CC(=O)/C=C(/C)O.Cc1cc(C(C)(C)C)cc(C)c1-c1cc2cc(-c3[c-]ccc4c3oc3ccccc34)ncc2s1.[Ir]. The Morgan fingerprint density at radius 3 is 2.31 bits per heavy atom. The van der Waals surface area contributed by atoms with Crippen LogP contribution in [-0.2, 0) is 30.3 Å². The minimum Gasteiger partial charge on any atom is -0.512 e. The number of para-hydroxylation sites is 1. The Hall–Kier alpha value is -3.57. The third-order valence-electron chi connectivity index (χ3n) is 7.06. The quantitative estimate of drug-likeness (QED) is 0.111. The van der Waals surface area contributed by atoms with Crippen LogP contribution in [0.1, 0.15) is 51.3 Å². The van der Waals surface area contributed by atoms with Crippen LogP contribution >= 0.6 is 11.3 Å². The molecule has 0 saturated carbocycles. The first kappa shape index (κ1) is 31.4. The number of carbonyl (C=O) groups is 1. The van der Waals surface area contributed by atoms with Crippen molar-refractivity contribution in [3.8, 4) is 21.7 Å². The van der Waals surface area contributed by atoms with Crippen molar-refractivity contribution in [1.29, 1.82) is 0 Å². The minimum absolute atomic E-state index is 0. The van der Waals surface area contributed by atoms with E-state index in [9.17, 15) is 4.79 Å². The van der Waals surface area contributed by atoms with Gasteiger partial charge >= 0.3 is 0 Å². The average Bonchev–Trinajstić information content (AvgIpc) is 3.48. The number of hydrogen-bond acceptors (Lipinski definition) is 5. The Morgan fingerprint density at radius 2 is 1.69 bits per heavy atom. The maximum absolute atomic E-state index is 10.0. The number of rotatable bonds is 3. The molecule has 42 heavy (non-hydrogen) atoms. The van der Waals surface area contributed by atoms with Gasteiger partial charge in [0.15, 0.2) is 5.78 Å². The number of aliphatic hydroxyl groups is 1. The number of nitrogens with zero attached hydrogens (tertiary/aromatic N) is 1. The first-order valence-electron chi connectivity index (χ1n) is 13.6. The molecule has 6 aromatic rings. The van der Waals surface area contributed by atoms with Crippen LogP contribution in [0.15, 0.2) is 83.1 Å². The molecular formula is C36H34IrNO3S-. The zero-order valence-corrected chi connectivity index (χ0v) is 28.1. The van der Waals surface area contributed by atoms with Crippen molar-refractivity contribution in [3.05, 3.63) is 101 Å². The van der Waals surface area contributed by atoms with Gasteiger partial charge in [0, 0.05) is 42.6 Å². The minimum atomic E-state index is -0.125. The van der Waals surface area contributed by atoms with Gasteiger partial charge in [-0.25, -0.2) is 0 Å². The molecule has 4 nitrogen and oxygen atoms in total. The van der Waals surface area contributed by atoms with Crippen molar-refractivity contribution >= 4 is 49.1 Å². The summed E-state index contributed by atoms with van der Waals surface area (Å²) in [4.78, 5) is 16.1. The Morgan fingerprint density at radius 1 is 1.00 bits per heavy atom. The van der Waals surface area contributed by atoms with Gasteiger partial charge in [0.1, 0.15) is 5.58 Å². The van der Waals surface area contributed by atoms with Crippen LogP contribution in [0.25, 0.3) is 53.7 Å². The first-order valence-corrected chi connectivity index (χ1v) is 14.5. The van der Waals surface area contributed by atoms with E-state index < -0.39 is 0 Å². The number of aromatic nitrogens is 1. The number of benzene rings is 3. The summed E-state index contributed by atoms with van der Waals surface area (Å²) in [6.45, 7) is 14.1. The molecule has 0 spiro atoms. The molecule has 3 aromatic heterocycles. The molecule has 3 heterocycles. The van der Waals surface area contributed by atoms with Crippen molar-refractivity contribution in [3.63, 3.8) is 0 Å². The number of allylic oxidation sites excluding steroid dienone is 2. The van der Waals surface area contributed by atoms with E-state index in [2.05, 4.69) is 77.1 Å². The summed E-state index contributed by atoms with van der Waals surface area (Å²) in [5.41, 5.74) is 9.03. The molecule has 0 aliphatic heterocycles. The number of thiophene rings is 1. The summed E-state index contributed by atoms with van der Waals surface area (Å²) in [6, 6.07) is 24.7. The van der Waals surface area contributed by atoms with Crippen molar-refractivity contribution < 1.29 is 34.4 Å². The van der Waals surface area contributed by atoms with Gasteiger partial charge in [0.2, 0.25) is 0 Å². The summed E-state index contributed by atoms with van der Waals surface area (Å²) < 4.78 is 7.42. The van der Waals surface area contributed by atoms with Gasteiger partial charge in [-0.1, -0.05) is 68.1 Å². The summed E-state index contributed by atoms with van der Waals surface area (Å²) in [7, 11) is 0. The topological polar surface area (TPSA) is 63.3 Å². The number of hydrogen-bond donors (Lipinski definition) is 1. The number of pyridine rings is 1. The molecule has 3 aromatic carbocycles. The van der Waals surface area contributed by atoms with Crippen LogP contribution in [-0.4, -0.2) is 15.9 Å². The maximum atomic E-state index is 10.0. The second kappa shape index (κ2) is 12.3. The molecule has 6 heteroatoms. The molecule has 0 saturated heterocycles. The fourth-order valence-electron chi connectivity index (χ4n) is 5.17. The Kier molecular flexibility index (Phi) is 9.22. The van der Waals surface area contributed by atoms with Crippen LogP contribution in [0.3, 0.4) is 0 Å². The van der Waals surface area contributed by atoms with Crippen molar-refractivity contribution in [2.45, 2.75) is 53.9 Å². The zero-order valence-electron chi connectivity index (χ0n) is 24.9. The molecule has 0 aliphatic rings. The number of carbonyl (C=O) groups excluding carboxylic acids is 1. The van der Waals surface area contributed by atoms with Crippen LogP contribution in [0.5, 0.6) is 0 Å². The van der Waals surface area contributed by atoms with E-state index in [4.69, 9.17) is 14.5 Å². The normalized spacial score (nSPS) is 11.8. The molecule has 0 amide bonds. The molecule has 0 bridgehead atoms. The van der Waals surface area contributed by atoms with Crippen molar-refractivity contribution in [2.75, 3.05) is 0 Å². The number of aliphatic hydroxyl groups excluding tert-OH is 1. The smallest absolute Gasteiger partial charge is 0.155 e. The fraction of sp³-hybridized carbons (Fsp3) is 0.222. The standard InChI is InChI=1S/C31H26NOS.C5H8O2.Ir/c1-18-13-21(31(3,4)5)14-19(2)29(18)27-16-20-15-25(32-17-28(20)34-27)24-11-8-10-23-22-9-6-7-12-26(22)33-30(23)24;1-4(6)3-5(2)7;/h6-10,12-17H,1-5H3;3,6H,1-2H3;/q-1;;/b;4-3-;. The van der Waals surface area contributed by atoms with Crippen molar-refractivity contribution in [1.82, 2.24) is 4.98 Å². The maximum Gasteiger partial charge on any atom is 0.155 e. The molecule has 1 radical (unpaired) electrons. The van der Waals surface area contributed by atoms with Crippen LogP contribution < -0.4 is 0 Å². The van der Waals surface area contributed by atoms with Gasteiger partial charge in [-0.05, 0) is 78.6 Å². The molecule has 6 rings (SSSR count). The summed E-state index contributed by atoms with van der Waals surface area (Å²) in [6.07, 6.45) is 3.16. The van der Waals surface area contributed by atoms with Crippen LogP contribution in [0.2, 0.25) is 0 Å². The van der Waals surface area contributed by atoms with E-state index in [1.165, 1.54) is 57.1 Å². The van der Waals surface area contributed by atoms with Gasteiger partial charge in [-0.3, -0.25) is 4.79 Å². The van der Waals surface area contributed by atoms with E-state index in [1.807, 2.05) is 41.8 Å². The predicted octanol–water partition coefficient (Wildman–Crippen LogP) is 10.3. The second-order valence-electron chi connectivity index (χ2n) is 11.5. The number of aryl methyl sites for hydroxylation is 2. The van der Waals surface area contributed by atoms with Crippen LogP contribution in [0, 0.1) is 19.9 Å². The van der Waals surface area contributed by atoms with E-state index in [0.717, 1.165) is 33.2 Å². The fourth-order valence-corrected chi connectivity index (χ4v) is 6.35. The average molecular weight is 753 g/mol. The molecule has 0 atom stereocenters. The van der Waals surface area contributed by atoms with Gasteiger partial charge in [0.25, 0.3) is 0 Å². The number of fused-ring (bicyclic) bond motifs is 4. The third kappa shape index (κ3) is 6.41. The monoisotopic (exact) mass is 753 g/mol. The zero-order chi connectivity index (χ0) is 29.5.